The van der Waals surface area contributed by atoms with E-state index in [1.807, 2.05) is 7.11 Å². The highest BCUT2D eigenvalue weighted by molar-refractivity contribution is 6.83. The van der Waals surface area contributed by atoms with Crippen LogP contribution in [-0.4, -0.2) is 16.2 Å². The zero-order valence-electron chi connectivity index (χ0n) is 43.8. The summed E-state index contributed by atoms with van der Waals surface area (Å²) in [5.41, 5.74) is 28.7. The molecule has 0 heterocycles. The average Bonchev–Trinajstić information content (AvgIpc) is 3.31. The Hall–Kier alpha value is -6.58. The van der Waals surface area contributed by atoms with Crippen LogP contribution in [0.2, 0.25) is 0 Å². The molecule has 9 aromatic carbocycles. The van der Waals surface area contributed by atoms with Gasteiger partial charge in [0.15, 0.2) is 0 Å². The lowest BCUT2D eigenvalue weighted by molar-refractivity contribution is 0.439. The molecule has 0 amide bonds. The second kappa shape index (κ2) is 19.7. The van der Waals surface area contributed by atoms with Crippen LogP contribution in [0.4, 0.5) is 0 Å². The van der Waals surface area contributed by atoms with Gasteiger partial charge in [-0.2, -0.15) is 0 Å². The van der Waals surface area contributed by atoms with Gasteiger partial charge in [-0.1, -0.05) is 178 Å². The van der Waals surface area contributed by atoms with E-state index in [0.717, 1.165) is 12.8 Å². The molecule has 0 aliphatic rings. The van der Waals surface area contributed by atoms with E-state index >= 15 is 0 Å². The first kappa shape index (κ1) is 48.4. The molecule has 351 valence electrons. The maximum Gasteiger partial charge on any atom is 0.284 e. The van der Waals surface area contributed by atoms with E-state index in [0.29, 0.717) is 0 Å². The van der Waals surface area contributed by atoms with E-state index in [2.05, 4.69) is 241 Å². The normalized spacial score (nSPS) is 11.8. The largest absolute Gasteiger partial charge is 0.411 e. The molecule has 70 heavy (non-hydrogen) atoms. The molecule has 1 nitrogen and oxygen atoms in total. The van der Waals surface area contributed by atoms with E-state index in [9.17, 15) is 0 Å². The van der Waals surface area contributed by atoms with Gasteiger partial charge < -0.3 is 4.43 Å². The van der Waals surface area contributed by atoms with Gasteiger partial charge in [0.25, 0.3) is 9.04 Å². The third kappa shape index (κ3) is 9.05. The highest BCUT2D eigenvalue weighted by Gasteiger charge is 2.32. The number of benzene rings is 9. The molecule has 0 aliphatic heterocycles. The summed E-state index contributed by atoms with van der Waals surface area (Å²) in [7, 11) is 0.0481. The van der Waals surface area contributed by atoms with Gasteiger partial charge in [-0.3, -0.25) is 0 Å². The fourth-order valence-electron chi connectivity index (χ4n) is 11.6. The van der Waals surface area contributed by atoms with Gasteiger partial charge in [0, 0.05) is 7.11 Å². The van der Waals surface area contributed by atoms with Crippen LogP contribution in [0.1, 0.15) is 98.7 Å². The summed E-state index contributed by atoms with van der Waals surface area (Å²) in [5.74, 6) is 0. The summed E-state index contributed by atoms with van der Waals surface area (Å²) in [6.07, 6.45) is 1.48. The average molecular weight is 930 g/mol. The first-order valence-electron chi connectivity index (χ1n) is 25.1. The summed E-state index contributed by atoms with van der Waals surface area (Å²) in [4.78, 5) is 0. The molecule has 0 atom stereocenters. The summed E-state index contributed by atoms with van der Waals surface area (Å²) in [5, 5.41) is 5.20. The zero-order chi connectivity index (χ0) is 49.6. The van der Waals surface area contributed by atoms with Crippen molar-refractivity contribution in [1.29, 1.82) is 0 Å². The Balaban J connectivity index is 1.44. The third-order valence-electron chi connectivity index (χ3n) is 15.1. The Labute approximate surface area is 421 Å². The van der Waals surface area contributed by atoms with Crippen molar-refractivity contribution in [3.8, 4) is 44.5 Å². The van der Waals surface area contributed by atoms with Gasteiger partial charge in [-0.15, -0.1) is 0 Å². The molecule has 0 aromatic heterocycles. The van der Waals surface area contributed by atoms with Gasteiger partial charge in [0.05, 0.1) is 0 Å². The molecular weight excluding hydrogens is 861 g/mol. The van der Waals surface area contributed by atoms with Crippen molar-refractivity contribution in [3.63, 3.8) is 0 Å². The molecule has 0 saturated carbocycles. The summed E-state index contributed by atoms with van der Waals surface area (Å²) < 4.78 is 7.21. The minimum atomic E-state index is -1.92. The van der Waals surface area contributed by atoms with Gasteiger partial charge in [-0.05, 0) is 224 Å². The predicted octanol–water partition coefficient (Wildman–Crippen LogP) is 16.5. The topological polar surface area (TPSA) is 9.23 Å². The fourth-order valence-corrected chi connectivity index (χ4v) is 14.1. The fraction of sp³-hybridized carbons (Fsp3) is 0.235. The Morgan fingerprint density at radius 2 is 0.714 bits per heavy atom. The molecule has 0 fully saturated rings. The predicted molar refractivity (Wildman–Crippen MR) is 304 cm³/mol. The second-order valence-corrected chi connectivity index (χ2v) is 23.1. The van der Waals surface area contributed by atoms with Crippen molar-refractivity contribution < 1.29 is 4.43 Å². The van der Waals surface area contributed by atoms with Crippen molar-refractivity contribution in [2.24, 2.45) is 0 Å². The van der Waals surface area contributed by atoms with Crippen molar-refractivity contribution in [3.05, 3.63) is 236 Å². The van der Waals surface area contributed by atoms with E-state index in [4.69, 9.17) is 4.43 Å². The van der Waals surface area contributed by atoms with Gasteiger partial charge in [-0.25, -0.2) is 0 Å². The molecule has 1 radical (unpaired) electrons. The molecule has 0 unspecified atom stereocenters. The number of hydrogen-bond acceptors (Lipinski definition) is 1. The van der Waals surface area contributed by atoms with Crippen LogP contribution in [0.15, 0.2) is 158 Å². The first-order valence-corrected chi connectivity index (χ1v) is 26.5. The minimum Gasteiger partial charge on any atom is -0.411 e. The maximum absolute atomic E-state index is 7.21. The van der Waals surface area contributed by atoms with Gasteiger partial charge >= 0.3 is 0 Å². The maximum atomic E-state index is 7.21. The minimum absolute atomic E-state index is 0.138. The van der Waals surface area contributed by atoms with Crippen LogP contribution in [0.25, 0.3) is 55.3 Å². The van der Waals surface area contributed by atoms with Crippen molar-refractivity contribution >= 4 is 30.2 Å². The molecule has 0 N–H and O–H groups in total. The number of fused-ring (bicyclic) bond motifs is 1. The van der Waals surface area contributed by atoms with Gasteiger partial charge in [0.2, 0.25) is 0 Å². The first-order chi connectivity index (χ1) is 33.6. The Bertz CT molecular complexity index is 3060. The van der Waals surface area contributed by atoms with Gasteiger partial charge in [0.1, 0.15) is 0 Å². The highest BCUT2D eigenvalue weighted by Crippen LogP contribution is 2.42. The summed E-state index contributed by atoms with van der Waals surface area (Å²) in [6, 6.07) is 59.8. The molecule has 2 heteroatoms. The van der Waals surface area contributed by atoms with Crippen LogP contribution in [0.3, 0.4) is 0 Å². The number of aryl methyl sites for hydroxylation is 9. The lowest BCUT2D eigenvalue weighted by atomic mass is 9.79. The van der Waals surface area contributed by atoms with Crippen LogP contribution < -0.4 is 10.4 Å². The Morgan fingerprint density at radius 3 is 1.06 bits per heavy atom. The monoisotopic (exact) mass is 930 g/mol. The SMILES string of the molecule is CO[Si](c1c(Cc2c(-c3c(C)cccc3C)cccc2-c2c(C)cccc2C)cc(C(C)(C)C)cc1Cc1c(-c2c(C)cccc2C)cccc1-c1c(C)cccc1C)c1c(C)ccc2ccccc12. The molecule has 9 rings (SSSR count). The molecule has 9 aromatic rings. The van der Waals surface area contributed by atoms with Crippen molar-refractivity contribution in [1.82, 2.24) is 0 Å². The number of hydrogen-bond donors (Lipinski definition) is 0. The second-order valence-electron chi connectivity index (χ2n) is 21.0. The third-order valence-corrected chi connectivity index (χ3v) is 17.7. The van der Waals surface area contributed by atoms with Crippen molar-refractivity contribution in [2.45, 2.75) is 101 Å². The van der Waals surface area contributed by atoms with Crippen LogP contribution >= 0.6 is 0 Å². The Kier molecular flexibility index (Phi) is 13.6. The van der Waals surface area contributed by atoms with E-state index in [-0.39, 0.29) is 5.41 Å². The molecule has 0 spiro atoms. The lowest BCUT2D eigenvalue weighted by Crippen LogP contribution is -2.49. The molecular formula is C68H69OSi. The van der Waals surface area contributed by atoms with E-state index < -0.39 is 9.04 Å². The summed E-state index contributed by atoms with van der Waals surface area (Å²) in [6.45, 7) is 27.6. The Morgan fingerprint density at radius 1 is 0.371 bits per heavy atom. The standard InChI is InChI=1S/C68H69OSi/c1-42-22-16-23-43(2)62(42)56-32-20-33-57(63-44(3)24-17-25-45(63)4)60(56)40-52-38-54(68(10,11)12)39-53(67(52)70(69-13)66-50(9)36-37-51-30-14-15-31-55(51)66)41-61-58(64-46(5)26-18-27-47(64)6)34-21-35-59(61)65-48(7)28-19-29-49(65)8/h14-39H,40-41H2,1-13H3. The van der Waals surface area contributed by atoms with Crippen LogP contribution in [-0.2, 0) is 22.7 Å². The zero-order valence-corrected chi connectivity index (χ0v) is 44.8. The summed E-state index contributed by atoms with van der Waals surface area (Å²) >= 11 is 0. The van der Waals surface area contributed by atoms with E-state index in [1.54, 1.807) is 0 Å². The smallest absolute Gasteiger partial charge is 0.284 e. The lowest BCUT2D eigenvalue weighted by Gasteiger charge is -2.30. The molecule has 0 saturated heterocycles. The van der Waals surface area contributed by atoms with Crippen LogP contribution in [0, 0.1) is 62.3 Å². The molecule has 0 aliphatic carbocycles. The number of rotatable bonds is 11. The quantitative estimate of drug-likeness (QED) is 0.117. The van der Waals surface area contributed by atoms with E-state index in [1.165, 1.54) is 144 Å². The van der Waals surface area contributed by atoms with Crippen LogP contribution in [0.5, 0.6) is 0 Å². The van der Waals surface area contributed by atoms with Crippen molar-refractivity contribution in [2.75, 3.05) is 7.11 Å². The molecule has 0 bridgehead atoms. The highest BCUT2D eigenvalue weighted by atomic mass is 28.3.